The number of aryl methyl sites for hydroxylation is 1. The molecule has 1 aromatic heterocycles. The number of imidazole rings is 1. The third-order valence-corrected chi connectivity index (χ3v) is 2.70. The minimum absolute atomic E-state index is 0.00272. The first-order valence-corrected chi connectivity index (χ1v) is 5.53. The van der Waals surface area contributed by atoms with Crippen molar-refractivity contribution in [3.05, 3.63) is 29.6 Å². The van der Waals surface area contributed by atoms with E-state index >= 15 is 0 Å². The van der Waals surface area contributed by atoms with Crippen LogP contribution in [0.25, 0.3) is 11.0 Å². The SMILES string of the molecule is CCc1nc2ccc(C(=O)O)cc2n1CC(N)=O. The van der Waals surface area contributed by atoms with E-state index in [-0.39, 0.29) is 12.1 Å². The van der Waals surface area contributed by atoms with Crippen LogP contribution in [0.1, 0.15) is 23.1 Å². The number of carboxylic acid groups (broad SMARTS) is 1. The number of rotatable bonds is 4. The van der Waals surface area contributed by atoms with E-state index in [9.17, 15) is 9.59 Å². The fraction of sp³-hybridized carbons (Fsp3) is 0.250. The normalized spacial score (nSPS) is 10.7. The van der Waals surface area contributed by atoms with Crippen LogP contribution in [0.2, 0.25) is 0 Å². The predicted molar refractivity (Wildman–Crippen MR) is 65.3 cm³/mol. The van der Waals surface area contributed by atoms with E-state index in [1.54, 1.807) is 10.6 Å². The molecule has 94 valence electrons. The van der Waals surface area contributed by atoms with Gasteiger partial charge in [-0.2, -0.15) is 0 Å². The van der Waals surface area contributed by atoms with Crippen molar-refractivity contribution in [2.24, 2.45) is 5.73 Å². The van der Waals surface area contributed by atoms with Crippen LogP contribution in [0.15, 0.2) is 18.2 Å². The Kier molecular flexibility index (Phi) is 3.01. The van der Waals surface area contributed by atoms with Gasteiger partial charge in [-0.1, -0.05) is 6.92 Å². The molecule has 3 N–H and O–H groups in total. The first-order valence-electron chi connectivity index (χ1n) is 5.53. The maximum atomic E-state index is 11.1. The average molecular weight is 247 g/mol. The van der Waals surface area contributed by atoms with Gasteiger partial charge in [-0.05, 0) is 18.2 Å². The Morgan fingerprint density at radius 1 is 1.44 bits per heavy atom. The zero-order valence-electron chi connectivity index (χ0n) is 9.88. The molecule has 0 atom stereocenters. The number of benzene rings is 1. The number of aromatic nitrogens is 2. The number of hydrogen-bond acceptors (Lipinski definition) is 3. The molecule has 6 nitrogen and oxygen atoms in total. The summed E-state index contributed by atoms with van der Waals surface area (Å²) in [5.41, 5.74) is 6.64. The fourth-order valence-electron chi connectivity index (χ4n) is 1.91. The number of nitrogens with zero attached hydrogens (tertiary/aromatic N) is 2. The van der Waals surface area contributed by atoms with E-state index in [1.165, 1.54) is 12.1 Å². The van der Waals surface area contributed by atoms with Gasteiger partial charge in [0.2, 0.25) is 5.91 Å². The highest BCUT2D eigenvalue weighted by Crippen LogP contribution is 2.18. The molecule has 2 rings (SSSR count). The van der Waals surface area contributed by atoms with Crippen molar-refractivity contribution in [2.75, 3.05) is 0 Å². The summed E-state index contributed by atoms with van der Waals surface area (Å²) in [4.78, 5) is 26.3. The lowest BCUT2D eigenvalue weighted by Gasteiger charge is -2.05. The molecule has 1 aromatic carbocycles. The highest BCUT2D eigenvalue weighted by atomic mass is 16.4. The van der Waals surface area contributed by atoms with Crippen molar-refractivity contribution < 1.29 is 14.7 Å². The van der Waals surface area contributed by atoms with E-state index < -0.39 is 11.9 Å². The lowest BCUT2D eigenvalue weighted by Crippen LogP contribution is -2.20. The molecule has 1 amide bonds. The number of carbonyl (C=O) groups excluding carboxylic acids is 1. The van der Waals surface area contributed by atoms with E-state index in [0.717, 1.165) is 0 Å². The quantitative estimate of drug-likeness (QED) is 0.834. The van der Waals surface area contributed by atoms with Gasteiger partial charge in [0.15, 0.2) is 0 Å². The number of nitrogens with two attached hydrogens (primary N) is 1. The average Bonchev–Trinajstić information content (AvgIpc) is 2.66. The van der Waals surface area contributed by atoms with Crippen molar-refractivity contribution in [2.45, 2.75) is 19.9 Å². The molecule has 6 heteroatoms. The van der Waals surface area contributed by atoms with Crippen molar-refractivity contribution in [1.82, 2.24) is 9.55 Å². The van der Waals surface area contributed by atoms with E-state index in [4.69, 9.17) is 10.8 Å². The predicted octanol–water partition coefficient (Wildman–Crippen LogP) is 0.782. The van der Waals surface area contributed by atoms with Crippen molar-refractivity contribution in [3.8, 4) is 0 Å². The molecule has 0 saturated carbocycles. The highest BCUT2D eigenvalue weighted by molar-refractivity contribution is 5.92. The molecule has 0 unspecified atom stereocenters. The van der Waals surface area contributed by atoms with Crippen LogP contribution in [-0.2, 0) is 17.8 Å². The molecule has 0 fully saturated rings. The summed E-state index contributed by atoms with van der Waals surface area (Å²) in [6.07, 6.45) is 0.643. The number of fused-ring (bicyclic) bond motifs is 1. The third-order valence-electron chi connectivity index (χ3n) is 2.70. The summed E-state index contributed by atoms with van der Waals surface area (Å²) in [6.45, 7) is 1.92. The third kappa shape index (κ3) is 2.04. The molecular formula is C12H13N3O3. The van der Waals surface area contributed by atoms with Crippen molar-refractivity contribution in [1.29, 1.82) is 0 Å². The van der Waals surface area contributed by atoms with Gasteiger partial charge in [-0.25, -0.2) is 9.78 Å². The summed E-state index contributed by atoms with van der Waals surface area (Å²) in [5, 5.41) is 8.96. The Hall–Kier alpha value is -2.37. The molecule has 0 radical (unpaired) electrons. The lowest BCUT2D eigenvalue weighted by molar-refractivity contribution is -0.118. The summed E-state index contributed by atoms with van der Waals surface area (Å²) in [5.74, 6) is -0.780. The van der Waals surface area contributed by atoms with Gasteiger partial charge >= 0.3 is 5.97 Å². The van der Waals surface area contributed by atoms with Crippen LogP contribution in [0.5, 0.6) is 0 Å². The van der Waals surface area contributed by atoms with E-state index in [1.807, 2.05) is 6.92 Å². The minimum Gasteiger partial charge on any atom is -0.478 e. The zero-order valence-corrected chi connectivity index (χ0v) is 9.88. The van der Waals surface area contributed by atoms with Gasteiger partial charge in [0.1, 0.15) is 12.4 Å². The standard InChI is InChI=1S/C12H13N3O3/c1-2-11-14-8-4-3-7(12(17)18)5-9(8)15(11)6-10(13)16/h3-5H,2,6H2,1H3,(H2,13,16)(H,17,18). The Bertz CT molecular complexity index is 631. The zero-order chi connectivity index (χ0) is 13.3. The number of carbonyl (C=O) groups is 2. The molecule has 1 heterocycles. The monoisotopic (exact) mass is 247 g/mol. The van der Waals surface area contributed by atoms with Crippen LogP contribution in [-0.4, -0.2) is 26.5 Å². The van der Waals surface area contributed by atoms with Crippen LogP contribution >= 0.6 is 0 Å². The van der Waals surface area contributed by atoms with E-state index in [0.29, 0.717) is 23.3 Å². The van der Waals surface area contributed by atoms with Crippen LogP contribution in [0.3, 0.4) is 0 Å². The molecule has 0 aliphatic carbocycles. The van der Waals surface area contributed by atoms with Gasteiger partial charge in [-0.15, -0.1) is 0 Å². The number of hydrogen-bond donors (Lipinski definition) is 2. The number of primary amides is 1. The summed E-state index contributed by atoms with van der Waals surface area (Å²) in [7, 11) is 0. The van der Waals surface area contributed by atoms with Gasteiger partial charge in [-0.3, -0.25) is 4.79 Å². The minimum atomic E-state index is -1.01. The summed E-state index contributed by atoms with van der Waals surface area (Å²) in [6, 6.07) is 4.63. The van der Waals surface area contributed by atoms with Gasteiger partial charge < -0.3 is 15.4 Å². The summed E-state index contributed by atoms with van der Waals surface area (Å²) >= 11 is 0. The Balaban J connectivity index is 2.66. The van der Waals surface area contributed by atoms with Crippen LogP contribution in [0, 0.1) is 0 Å². The largest absolute Gasteiger partial charge is 0.478 e. The summed E-state index contributed by atoms with van der Waals surface area (Å²) < 4.78 is 1.66. The smallest absolute Gasteiger partial charge is 0.335 e. The first-order chi connectivity index (χ1) is 8.52. The Labute approximate surface area is 103 Å². The second kappa shape index (κ2) is 4.48. The molecule has 0 bridgehead atoms. The Morgan fingerprint density at radius 3 is 2.72 bits per heavy atom. The molecule has 18 heavy (non-hydrogen) atoms. The Morgan fingerprint density at radius 2 is 2.17 bits per heavy atom. The van der Waals surface area contributed by atoms with Crippen LogP contribution in [0.4, 0.5) is 0 Å². The molecule has 0 aliphatic rings. The van der Waals surface area contributed by atoms with Gasteiger partial charge in [0.05, 0.1) is 16.6 Å². The highest BCUT2D eigenvalue weighted by Gasteiger charge is 2.13. The number of aromatic carboxylic acids is 1. The van der Waals surface area contributed by atoms with Crippen LogP contribution < -0.4 is 5.73 Å². The number of carboxylic acids is 1. The lowest BCUT2D eigenvalue weighted by atomic mass is 10.2. The topological polar surface area (TPSA) is 98.2 Å². The fourth-order valence-corrected chi connectivity index (χ4v) is 1.91. The van der Waals surface area contributed by atoms with Gasteiger partial charge in [0.25, 0.3) is 0 Å². The molecule has 0 spiro atoms. The van der Waals surface area contributed by atoms with E-state index in [2.05, 4.69) is 4.98 Å². The second-order valence-corrected chi connectivity index (χ2v) is 3.94. The molecule has 0 aliphatic heterocycles. The molecular weight excluding hydrogens is 234 g/mol. The maximum Gasteiger partial charge on any atom is 0.335 e. The number of amides is 1. The van der Waals surface area contributed by atoms with Crippen molar-refractivity contribution >= 4 is 22.9 Å². The molecule has 0 saturated heterocycles. The first kappa shape index (κ1) is 12.1. The van der Waals surface area contributed by atoms with Crippen molar-refractivity contribution in [3.63, 3.8) is 0 Å². The molecule has 2 aromatic rings. The van der Waals surface area contributed by atoms with Gasteiger partial charge in [0, 0.05) is 6.42 Å². The maximum absolute atomic E-state index is 11.1. The second-order valence-electron chi connectivity index (χ2n) is 3.94.